The molecule has 0 saturated carbocycles. The molecule has 0 atom stereocenters. The van der Waals surface area contributed by atoms with Crippen LogP contribution in [0.15, 0.2) is 41.3 Å². The maximum atomic E-state index is 5.37. The van der Waals surface area contributed by atoms with Crippen molar-refractivity contribution in [1.82, 2.24) is 9.97 Å². The summed E-state index contributed by atoms with van der Waals surface area (Å²) in [4.78, 5) is 8.41. The van der Waals surface area contributed by atoms with Gasteiger partial charge in [-0.25, -0.2) is 4.98 Å². The molecule has 0 aliphatic heterocycles. The third kappa shape index (κ3) is 2.58. The van der Waals surface area contributed by atoms with E-state index >= 15 is 0 Å². The van der Waals surface area contributed by atoms with Crippen LogP contribution in [0, 0.1) is 0 Å². The Hall–Kier alpha value is -1.42. The number of hydrogen-bond donors (Lipinski definition) is 0. The van der Waals surface area contributed by atoms with E-state index in [1.54, 1.807) is 12.4 Å². The lowest BCUT2D eigenvalue weighted by molar-refractivity contribution is 0.340. The van der Waals surface area contributed by atoms with Crippen molar-refractivity contribution in [2.24, 2.45) is 0 Å². The standard InChI is InChI=1S/C12H11BrN2O/c1-2-16-10-5-3-9(4-6-10)11-7-15-12(13)8-14-11/h3-8H,2H2,1H3. The second-order valence-electron chi connectivity index (χ2n) is 3.18. The van der Waals surface area contributed by atoms with Gasteiger partial charge in [0.1, 0.15) is 10.4 Å². The van der Waals surface area contributed by atoms with Gasteiger partial charge in [0.05, 0.1) is 24.7 Å². The highest BCUT2D eigenvalue weighted by atomic mass is 79.9. The van der Waals surface area contributed by atoms with Gasteiger partial charge in [-0.15, -0.1) is 0 Å². The molecule has 1 aromatic heterocycles. The van der Waals surface area contributed by atoms with Crippen LogP contribution in [0.5, 0.6) is 5.75 Å². The molecule has 2 rings (SSSR count). The normalized spacial score (nSPS) is 10.1. The van der Waals surface area contributed by atoms with Crippen LogP contribution >= 0.6 is 15.9 Å². The molecule has 0 N–H and O–H groups in total. The van der Waals surface area contributed by atoms with Gasteiger partial charge in [-0.1, -0.05) is 0 Å². The van der Waals surface area contributed by atoms with Gasteiger partial charge in [0.2, 0.25) is 0 Å². The maximum Gasteiger partial charge on any atom is 0.124 e. The Morgan fingerprint density at radius 1 is 1.12 bits per heavy atom. The first-order chi connectivity index (χ1) is 7.79. The van der Waals surface area contributed by atoms with Gasteiger partial charge in [0.25, 0.3) is 0 Å². The Morgan fingerprint density at radius 3 is 2.44 bits per heavy atom. The van der Waals surface area contributed by atoms with E-state index in [9.17, 15) is 0 Å². The molecule has 0 unspecified atom stereocenters. The Balaban J connectivity index is 2.24. The Morgan fingerprint density at radius 2 is 1.88 bits per heavy atom. The summed E-state index contributed by atoms with van der Waals surface area (Å²) in [5.74, 6) is 0.872. The van der Waals surface area contributed by atoms with Crippen molar-refractivity contribution in [3.8, 4) is 17.0 Å². The molecule has 16 heavy (non-hydrogen) atoms. The van der Waals surface area contributed by atoms with E-state index in [4.69, 9.17) is 4.74 Å². The van der Waals surface area contributed by atoms with Crippen LogP contribution in [0.4, 0.5) is 0 Å². The summed E-state index contributed by atoms with van der Waals surface area (Å²) in [5, 5.41) is 0. The highest BCUT2D eigenvalue weighted by molar-refractivity contribution is 9.10. The van der Waals surface area contributed by atoms with Crippen molar-refractivity contribution in [1.29, 1.82) is 0 Å². The smallest absolute Gasteiger partial charge is 0.124 e. The van der Waals surface area contributed by atoms with Crippen molar-refractivity contribution in [2.75, 3.05) is 6.61 Å². The van der Waals surface area contributed by atoms with E-state index in [0.29, 0.717) is 6.61 Å². The van der Waals surface area contributed by atoms with Gasteiger partial charge < -0.3 is 4.74 Å². The lowest BCUT2D eigenvalue weighted by Gasteiger charge is -2.04. The monoisotopic (exact) mass is 278 g/mol. The molecule has 1 aromatic carbocycles. The van der Waals surface area contributed by atoms with Gasteiger partial charge in [-0.2, -0.15) is 0 Å². The average molecular weight is 279 g/mol. The molecule has 0 bridgehead atoms. The molecule has 1 heterocycles. The summed E-state index contributed by atoms with van der Waals surface area (Å²) in [7, 11) is 0. The zero-order chi connectivity index (χ0) is 11.4. The van der Waals surface area contributed by atoms with Crippen molar-refractivity contribution in [3.63, 3.8) is 0 Å². The first kappa shape index (κ1) is 11.1. The number of hydrogen-bond acceptors (Lipinski definition) is 3. The second kappa shape index (κ2) is 5.07. The summed E-state index contributed by atoms with van der Waals surface area (Å²) < 4.78 is 6.11. The van der Waals surface area contributed by atoms with E-state index in [0.717, 1.165) is 21.6 Å². The van der Waals surface area contributed by atoms with Crippen LogP contribution in [-0.2, 0) is 0 Å². The van der Waals surface area contributed by atoms with Gasteiger partial charge in [0, 0.05) is 5.56 Å². The quantitative estimate of drug-likeness (QED) is 0.864. The van der Waals surface area contributed by atoms with Crippen molar-refractivity contribution >= 4 is 15.9 Å². The average Bonchev–Trinajstić information content (AvgIpc) is 2.32. The third-order valence-electron chi connectivity index (χ3n) is 2.08. The number of benzene rings is 1. The van der Waals surface area contributed by atoms with Crippen molar-refractivity contribution in [2.45, 2.75) is 6.92 Å². The Labute approximate surface area is 103 Å². The number of nitrogens with zero attached hydrogens (tertiary/aromatic N) is 2. The Kier molecular flexibility index (Phi) is 3.51. The van der Waals surface area contributed by atoms with Crippen LogP contribution in [0.2, 0.25) is 0 Å². The van der Waals surface area contributed by atoms with Gasteiger partial charge in [-0.05, 0) is 47.1 Å². The van der Waals surface area contributed by atoms with Gasteiger partial charge in [-0.3, -0.25) is 4.98 Å². The third-order valence-corrected chi connectivity index (χ3v) is 2.49. The zero-order valence-electron chi connectivity index (χ0n) is 8.85. The van der Waals surface area contributed by atoms with E-state index in [-0.39, 0.29) is 0 Å². The number of ether oxygens (including phenoxy) is 1. The lowest BCUT2D eigenvalue weighted by atomic mass is 10.1. The Bertz CT molecular complexity index is 453. The van der Waals surface area contributed by atoms with Crippen LogP contribution in [0.25, 0.3) is 11.3 Å². The summed E-state index contributed by atoms with van der Waals surface area (Å²) >= 11 is 3.26. The fraction of sp³-hybridized carbons (Fsp3) is 0.167. The fourth-order valence-electron chi connectivity index (χ4n) is 1.35. The molecule has 0 spiro atoms. The van der Waals surface area contributed by atoms with Crippen molar-refractivity contribution < 1.29 is 4.74 Å². The minimum atomic E-state index is 0.678. The fourth-order valence-corrected chi connectivity index (χ4v) is 1.55. The minimum absolute atomic E-state index is 0.678. The van der Waals surface area contributed by atoms with Gasteiger partial charge >= 0.3 is 0 Å². The van der Waals surface area contributed by atoms with E-state index in [1.807, 2.05) is 31.2 Å². The molecule has 82 valence electrons. The second-order valence-corrected chi connectivity index (χ2v) is 3.99. The molecule has 3 nitrogen and oxygen atoms in total. The largest absolute Gasteiger partial charge is 0.494 e. The summed E-state index contributed by atoms with van der Waals surface area (Å²) in [5.41, 5.74) is 1.88. The first-order valence-corrected chi connectivity index (χ1v) is 5.79. The number of aromatic nitrogens is 2. The van der Waals surface area contributed by atoms with Crippen LogP contribution in [-0.4, -0.2) is 16.6 Å². The molecule has 0 aliphatic carbocycles. The SMILES string of the molecule is CCOc1ccc(-c2cnc(Br)cn2)cc1. The molecular formula is C12H11BrN2O. The minimum Gasteiger partial charge on any atom is -0.494 e. The zero-order valence-corrected chi connectivity index (χ0v) is 10.4. The number of rotatable bonds is 3. The predicted octanol–water partition coefficient (Wildman–Crippen LogP) is 3.30. The predicted molar refractivity (Wildman–Crippen MR) is 66.3 cm³/mol. The topological polar surface area (TPSA) is 35.0 Å². The van der Waals surface area contributed by atoms with Crippen LogP contribution in [0.1, 0.15) is 6.92 Å². The van der Waals surface area contributed by atoms with E-state index in [2.05, 4.69) is 25.9 Å². The maximum absolute atomic E-state index is 5.37. The molecule has 2 aromatic rings. The summed E-state index contributed by atoms with van der Waals surface area (Å²) in [6, 6.07) is 7.82. The van der Waals surface area contributed by atoms with Crippen LogP contribution < -0.4 is 4.74 Å². The van der Waals surface area contributed by atoms with Crippen molar-refractivity contribution in [3.05, 3.63) is 41.3 Å². The van der Waals surface area contributed by atoms with Crippen LogP contribution in [0.3, 0.4) is 0 Å². The highest BCUT2D eigenvalue weighted by Crippen LogP contribution is 2.20. The molecular weight excluding hydrogens is 268 g/mol. The summed E-state index contributed by atoms with van der Waals surface area (Å²) in [6.45, 7) is 2.64. The molecule has 0 fully saturated rings. The first-order valence-electron chi connectivity index (χ1n) is 5.00. The highest BCUT2D eigenvalue weighted by Gasteiger charge is 2.00. The lowest BCUT2D eigenvalue weighted by Crippen LogP contribution is -1.91. The molecule has 0 aliphatic rings. The van der Waals surface area contributed by atoms with E-state index < -0.39 is 0 Å². The summed E-state index contributed by atoms with van der Waals surface area (Å²) in [6.07, 6.45) is 3.42. The molecule has 0 amide bonds. The molecule has 0 radical (unpaired) electrons. The molecule has 4 heteroatoms. The van der Waals surface area contributed by atoms with E-state index in [1.165, 1.54) is 0 Å². The van der Waals surface area contributed by atoms with Gasteiger partial charge in [0.15, 0.2) is 0 Å². The molecule has 0 saturated heterocycles. The number of halogens is 1.